The molecular weight excluding hydrogens is 272 g/mol. The number of hydrogen-bond acceptors (Lipinski definition) is 6. The van der Waals surface area contributed by atoms with Gasteiger partial charge in [0.15, 0.2) is 0 Å². The summed E-state index contributed by atoms with van der Waals surface area (Å²) in [5, 5.41) is 6.27. The highest BCUT2D eigenvalue weighted by Gasteiger charge is 2.17. The van der Waals surface area contributed by atoms with Gasteiger partial charge in [-0.1, -0.05) is 12.1 Å². The minimum Gasteiger partial charge on any atom is -0.466 e. The van der Waals surface area contributed by atoms with Gasteiger partial charge in [-0.15, -0.1) is 0 Å². The first kappa shape index (κ1) is 15.1. The second-order valence-corrected chi connectivity index (χ2v) is 4.57. The lowest BCUT2D eigenvalue weighted by Crippen LogP contribution is -2.25. The molecule has 1 heterocycles. The standard InChI is InChI=1S/C15H18N2O4/c1-20-14(18)8-13(15(19)21-2)17-12-5-3-4-10-9-16-7-6-11(10)12/h3-5,8,16-17H,6-7,9H2,1-2H3/b13-8+. The highest BCUT2D eigenvalue weighted by molar-refractivity contribution is 5.98. The van der Waals surface area contributed by atoms with Crippen LogP contribution in [-0.2, 0) is 32.0 Å². The van der Waals surface area contributed by atoms with E-state index in [1.807, 2.05) is 18.2 Å². The van der Waals surface area contributed by atoms with Gasteiger partial charge in [-0.25, -0.2) is 9.59 Å². The van der Waals surface area contributed by atoms with Gasteiger partial charge in [0.05, 0.1) is 20.3 Å². The maximum Gasteiger partial charge on any atom is 0.354 e. The second-order valence-electron chi connectivity index (χ2n) is 4.57. The summed E-state index contributed by atoms with van der Waals surface area (Å²) in [6, 6.07) is 5.81. The molecule has 0 amide bonds. The molecule has 0 unspecified atom stereocenters. The van der Waals surface area contributed by atoms with Crippen LogP contribution in [0.15, 0.2) is 30.0 Å². The molecule has 6 heteroatoms. The maximum absolute atomic E-state index is 11.8. The van der Waals surface area contributed by atoms with E-state index < -0.39 is 11.9 Å². The fraction of sp³-hybridized carbons (Fsp3) is 0.333. The van der Waals surface area contributed by atoms with Crippen molar-refractivity contribution in [3.05, 3.63) is 41.1 Å². The zero-order valence-corrected chi connectivity index (χ0v) is 12.1. The molecule has 0 fully saturated rings. The van der Waals surface area contributed by atoms with Crippen LogP contribution >= 0.6 is 0 Å². The van der Waals surface area contributed by atoms with Crippen molar-refractivity contribution in [3.8, 4) is 0 Å². The molecular formula is C15H18N2O4. The molecule has 0 atom stereocenters. The Labute approximate surface area is 123 Å². The first-order valence-electron chi connectivity index (χ1n) is 6.62. The quantitative estimate of drug-likeness (QED) is 0.636. The molecule has 2 N–H and O–H groups in total. The first-order chi connectivity index (χ1) is 10.2. The van der Waals surface area contributed by atoms with Crippen LogP contribution in [-0.4, -0.2) is 32.7 Å². The molecule has 6 nitrogen and oxygen atoms in total. The number of esters is 2. The summed E-state index contributed by atoms with van der Waals surface area (Å²) in [5.41, 5.74) is 3.16. The number of hydrogen-bond donors (Lipinski definition) is 2. The van der Waals surface area contributed by atoms with Crippen LogP contribution in [0.4, 0.5) is 5.69 Å². The number of nitrogens with one attached hydrogen (secondary N) is 2. The summed E-state index contributed by atoms with van der Waals surface area (Å²) >= 11 is 0. The maximum atomic E-state index is 11.8. The van der Waals surface area contributed by atoms with Crippen molar-refractivity contribution in [1.29, 1.82) is 0 Å². The van der Waals surface area contributed by atoms with Crippen LogP contribution in [0.2, 0.25) is 0 Å². The molecule has 0 bridgehead atoms. The van der Waals surface area contributed by atoms with E-state index in [0.29, 0.717) is 0 Å². The monoisotopic (exact) mass is 290 g/mol. The third-order valence-corrected chi connectivity index (χ3v) is 3.28. The largest absolute Gasteiger partial charge is 0.466 e. The molecule has 112 valence electrons. The van der Waals surface area contributed by atoms with Crippen molar-refractivity contribution in [3.63, 3.8) is 0 Å². The van der Waals surface area contributed by atoms with Gasteiger partial charge < -0.3 is 20.1 Å². The molecule has 1 aromatic carbocycles. The predicted octanol–water partition coefficient (Wildman–Crippen LogP) is 0.974. The Kier molecular flexibility index (Phi) is 4.94. The van der Waals surface area contributed by atoms with Crippen molar-refractivity contribution < 1.29 is 19.1 Å². The van der Waals surface area contributed by atoms with Crippen molar-refractivity contribution in [1.82, 2.24) is 5.32 Å². The van der Waals surface area contributed by atoms with Gasteiger partial charge >= 0.3 is 11.9 Å². The van der Waals surface area contributed by atoms with Crippen molar-refractivity contribution in [2.75, 3.05) is 26.1 Å². The van der Waals surface area contributed by atoms with Crippen LogP contribution in [0.1, 0.15) is 11.1 Å². The summed E-state index contributed by atoms with van der Waals surface area (Å²) in [6.45, 7) is 1.67. The minimum absolute atomic E-state index is 0.0521. The average molecular weight is 290 g/mol. The van der Waals surface area contributed by atoms with E-state index in [1.54, 1.807) is 0 Å². The lowest BCUT2D eigenvalue weighted by atomic mass is 9.99. The molecule has 0 spiro atoms. The number of ether oxygens (including phenoxy) is 2. The summed E-state index contributed by atoms with van der Waals surface area (Å²) < 4.78 is 9.24. The number of rotatable bonds is 4. The Balaban J connectivity index is 2.31. The molecule has 0 aliphatic carbocycles. The highest BCUT2D eigenvalue weighted by atomic mass is 16.5. The van der Waals surface area contributed by atoms with Crippen molar-refractivity contribution >= 4 is 17.6 Å². The van der Waals surface area contributed by atoms with E-state index in [1.165, 1.54) is 19.8 Å². The summed E-state index contributed by atoms with van der Waals surface area (Å²) in [7, 11) is 2.52. The molecule has 0 saturated carbocycles. The summed E-state index contributed by atoms with van der Waals surface area (Å²) in [4.78, 5) is 23.1. The number of fused-ring (bicyclic) bond motifs is 1. The normalized spacial score (nSPS) is 14.1. The van der Waals surface area contributed by atoms with E-state index >= 15 is 0 Å². The fourth-order valence-corrected chi connectivity index (χ4v) is 2.23. The van der Waals surface area contributed by atoms with Gasteiger partial charge in [0.2, 0.25) is 0 Å². The van der Waals surface area contributed by atoms with Gasteiger partial charge in [0.1, 0.15) is 5.70 Å². The molecule has 0 radical (unpaired) electrons. The zero-order chi connectivity index (χ0) is 15.2. The number of carbonyl (C=O) groups excluding carboxylic acids is 2. The van der Waals surface area contributed by atoms with Crippen LogP contribution in [0, 0.1) is 0 Å². The number of carbonyl (C=O) groups is 2. The van der Waals surface area contributed by atoms with Crippen molar-refractivity contribution in [2.45, 2.75) is 13.0 Å². The Bertz CT molecular complexity index is 581. The number of benzene rings is 1. The van der Waals surface area contributed by atoms with E-state index in [-0.39, 0.29) is 5.70 Å². The average Bonchev–Trinajstić information content (AvgIpc) is 2.53. The Morgan fingerprint density at radius 2 is 2.10 bits per heavy atom. The van der Waals surface area contributed by atoms with E-state index in [9.17, 15) is 9.59 Å². The predicted molar refractivity (Wildman–Crippen MR) is 77.6 cm³/mol. The van der Waals surface area contributed by atoms with E-state index in [2.05, 4.69) is 20.1 Å². The molecule has 1 aliphatic heterocycles. The van der Waals surface area contributed by atoms with Gasteiger partial charge in [0.25, 0.3) is 0 Å². The zero-order valence-electron chi connectivity index (χ0n) is 12.1. The summed E-state index contributed by atoms with van der Waals surface area (Å²) in [5.74, 6) is -1.23. The lowest BCUT2D eigenvalue weighted by Gasteiger charge is -2.21. The van der Waals surface area contributed by atoms with Crippen LogP contribution in [0.25, 0.3) is 0 Å². The van der Waals surface area contributed by atoms with Gasteiger partial charge in [-0.05, 0) is 30.2 Å². The molecule has 0 saturated heterocycles. The van der Waals surface area contributed by atoms with E-state index in [4.69, 9.17) is 0 Å². The molecule has 1 aromatic rings. The van der Waals surface area contributed by atoms with Gasteiger partial charge in [-0.2, -0.15) is 0 Å². The van der Waals surface area contributed by atoms with Gasteiger partial charge in [0, 0.05) is 12.2 Å². The van der Waals surface area contributed by atoms with E-state index in [0.717, 1.165) is 36.8 Å². The smallest absolute Gasteiger partial charge is 0.354 e. The first-order valence-corrected chi connectivity index (χ1v) is 6.62. The summed E-state index contributed by atoms with van der Waals surface area (Å²) in [6.07, 6.45) is 1.94. The second kappa shape index (κ2) is 6.90. The SMILES string of the molecule is COC(=O)/C=C(/Nc1cccc2c1CCNC2)C(=O)OC. The molecule has 0 aromatic heterocycles. The van der Waals surface area contributed by atoms with Crippen LogP contribution < -0.4 is 10.6 Å². The van der Waals surface area contributed by atoms with Crippen LogP contribution in [0.5, 0.6) is 0 Å². The lowest BCUT2D eigenvalue weighted by molar-refractivity contribution is -0.138. The van der Waals surface area contributed by atoms with Gasteiger partial charge in [-0.3, -0.25) is 0 Å². The molecule has 2 rings (SSSR count). The fourth-order valence-electron chi connectivity index (χ4n) is 2.23. The molecule has 1 aliphatic rings. The minimum atomic E-state index is -0.619. The molecule has 21 heavy (non-hydrogen) atoms. The highest BCUT2D eigenvalue weighted by Crippen LogP contribution is 2.24. The van der Waals surface area contributed by atoms with Crippen LogP contribution in [0.3, 0.4) is 0 Å². The Morgan fingerprint density at radius 1 is 1.29 bits per heavy atom. The van der Waals surface area contributed by atoms with Crippen molar-refractivity contribution in [2.24, 2.45) is 0 Å². The number of methoxy groups -OCH3 is 2. The third kappa shape index (κ3) is 3.61. The number of anilines is 1. The Morgan fingerprint density at radius 3 is 2.81 bits per heavy atom. The Hall–Kier alpha value is -2.34. The topological polar surface area (TPSA) is 76.7 Å². The third-order valence-electron chi connectivity index (χ3n) is 3.28.